The normalized spacial score (nSPS) is 19.8. The number of ether oxygens (including phenoxy) is 2. The number of unbranched alkanes of at least 4 members (excludes halogenated alkanes) is 4. The number of fused-ring (bicyclic) bond motifs is 6. The number of aromatic nitrogens is 1. The van der Waals surface area contributed by atoms with E-state index in [1.165, 1.54) is 26.0 Å². The first-order valence-corrected chi connectivity index (χ1v) is 19.8. The molecule has 0 bridgehead atoms. The van der Waals surface area contributed by atoms with Crippen LogP contribution in [0.2, 0.25) is 0 Å². The van der Waals surface area contributed by atoms with Crippen molar-refractivity contribution in [3.05, 3.63) is 88.1 Å². The molecular formula is C43H48F3N5O5. The maximum absolute atomic E-state index is 15.9. The molecule has 56 heavy (non-hydrogen) atoms. The molecule has 5 heterocycles. The van der Waals surface area contributed by atoms with Crippen LogP contribution in [0.15, 0.2) is 48.5 Å². The van der Waals surface area contributed by atoms with Gasteiger partial charge in [0.25, 0.3) is 5.91 Å². The van der Waals surface area contributed by atoms with Crippen molar-refractivity contribution in [3.8, 4) is 11.5 Å². The summed E-state index contributed by atoms with van der Waals surface area (Å²) >= 11 is 0. The van der Waals surface area contributed by atoms with E-state index in [2.05, 4.69) is 15.2 Å². The highest BCUT2D eigenvalue weighted by Crippen LogP contribution is 2.43. The number of hydrogen-bond acceptors (Lipinski definition) is 7. The number of halogens is 3. The Labute approximate surface area is 324 Å². The Hall–Kier alpha value is -5.04. The van der Waals surface area contributed by atoms with Gasteiger partial charge in [-0.3, -0.25) is 24.6 Å². The van der Waals surface area contributed by atoms with Gasteiger partial charge in [-0.25, -0.2) is 13.2 Å². The number of rotatable bonds is 13. The third kappa shape index (κ3) is 7.45. The number of benzene rings is 3. The number of H-pyrrole nitrogens is 1. The molecule has 2 atom stereocenters. The quantitative estimate of drug-likeness (QED) is 0.110. The van der Waals surface area contributed by atoms with Crippen LogP contribution in [0.4, 0.5) is 18.9 Å². The Balaban J connectivity index is 0.830. The van der Waals surface area contributed by atoms with Crippen molar-refractivity contribution in [1.82, 2.24) is 20.1 Å². The fourth-order valence-corrected chi connectivity index (χ4v) is 8.92. The van der Waals surface area contributed by atoms with Crippen molar-refractivity contribution in [3.63, 3.8) is 0 Å². The average Bonchev–Trinajstić information content (AvgIpc) is 3.70. The first-order valence-electron chi connectivity index (χ1n) is 19.8. The van der Waals surface area contributed by atoms with Crippen LogP contribution in [-0.2, 0) is 22.6 Å². The summed E-state index contributed by atoms with van der Waals surface area (Å²) in [6, 6.07) is 12.5. The molecule has 10 nitrogen and oxygen atoms in total. The van der Waals surface area contributed by atoms with Crippen molar-refractivity contribution in [2.24, 2.45) is 0 Å². The van der Waals surface area contributed by atoms with Gasteiger partial charge in [0, 0.05) is 71.5 Å². The lowest BCUT2D eigenvalue weighted by atomic mass is 9.90. The zero-order valence-corrected chi connectivity index (χ0v) is 31.9. The fourth-order valence-electron chi connectivity index (χ4n) is 8.92. The van der Waals surface area contributed by atoms with E-state index in [-0.39, 0.29) is 42.6 Å². The molecule has 1 fully saturated rings. The minimum absolute atomic E-state index is 0.0281. The maximum Gasteiger partial charge on any atom is 0.255 e. The van der Waals surface area contributed by atoms with Crippen LogP contribution in [0, 0.1) is 11.6 Å². The molecule has 1 aromatic heterocycles. The van der Waals surface area contributed by atoms with E-state index in [0.717, 1.165) is 72.9 Å². The molecule has 3 aromatic carbocycles. The molecule has 4 aliphatic rings. The van der Waals surface area contributed by atoms with E-state index in [0.29, 0.717) is 49.6 Å². The number of hydrogen-bond donors (Lipinski definition) is 2. The summed E-state index contributed by atoms with van der Waals surface area (Å²) in [5.41, 5.74) is 3.20. The number of amides is 3. The van der Waals surface area contributed by atoms with Crippen molar-refractivity contribution in [2.45, 2.75) is 89.5 Å². The number of piperidine rings is 1. The summed E-state index contributed by atoms with van der Waals surface area (Å²) in [6.07, 6.45) is 5.70. The second-order valence-corrected chi connectivity index (χ2v) is 16.0. The van der Waals surface area contributed by atoms with Crippen LogP contribution >= 0.6 is 0 Å². The summed E-state index contributed by atoms with van der Waals surface area (Å²) in [4.78, 5) is 46.4. The van der Waals surface area contributed by atoms with Gasteiger partial charge in [0.05, 0.1) is 31.4 Å². The number of nitrogens with zero attached hydrogens (tertiary/aromatic N) is 3. The molecule has 4 aromatic rings. The van der Waals surface area contributed by atoms with Crippen LogP contribution < -0.4 is 19.7 Å². The molecule has 1 saturated heterocycles. The number of carbonyl (C=O) groups excluding carboxylic acids is 3. The fraction of sp³-hybridized carbons (Fsp3) is 0.465. The largest absolute Gasteiger partial charge is 0.493 e. The molecule has 0 radical (unpaired) electrons. The Kier molecular flexibility index (Phi) is 10.5. The monoisotopic (exact) mass is 771 g/mol. The first kappa shape index (κ1) is 37.9. The highest BCUT2D eigenvalue weighted by atomic mass is 19.1. The van der Waals surface area contributed by atoms with Crippen molar-refractivity contribution in [2.75, 3.05) is 44.3 Å². The van der Waals surface area contributed by atoms with Gasteiger partial charge in [0.1, 0.15) is 41.5 Å². The topological polar surface area (TPSA) is 107 Å². The molecule has 2 unspecified atom stereocenters. The molecule has 13 heteroatoms. The van der Waals surface area contributed by atoms with Crippen LogP contribution in [0.25, 0.3) is 10.9 Å². The molecule has 0 aliphatic carbocycles. The SMILES string of the molecule is CC(C)(F)CN1CCc2c([nH]c3ccccc23)C1c1c(F)cc(OCCCCCCCN2CCOc3c2ccc2c3CN(C3CCC(=O)NC3=O)C2=O)cc1F. The lowest BCUT2D eigenvalue weighted by Gasteiger charge is -2.38. The van der Waals surface area contributed by atoms with Gasteiger partial charge in [0.2, 0.25) is 11.8 Å². The van der Waals surface area contributed by atoms with Crippen LogP contribution in [0.5, 0.6) is 11.5 Å². The van der Waals surface area contributed by atoms with Gasteiger partial charge in [-0.05, 0) is 63.3 Å². The Morgan fingerprint density at radius 2 is 1.70 bits per heavy atom. The molecule has 0 spiro atoms. The molecule has 2 N–H and O–H groups in total. The third-order valence-electron chi connectivity index (χ3n) is 11.5. The Morgan fingerprint density at radius 1 is 0.929 bits per heavy atom. The third-order valence-corrected chi connectivity index (χ3v) is 11.5. The summed E-state index contributed by atoms with van der Waals surface area (Å²) in [7, 11) is 0. The second-order valence-electron chi connectivity index (χ2n) is 16.0. The summed E-state index contributed by atoms with van der Waals surface area (Å²) in [5.74, 6) is -1.58. The lowest BCUT2D eigenvalue weighted by Crippen LogP contribution is -2.52. The van der Waals surface area contributed by atoms with E-state index in [4.69, 9.17) is 9.47 Å². The second kappa shape index (κ2) is 15.5. The van der Waals surface area contributed by atoms with Gasteiger partial charge < -0.3 is 24.3 Å². The number of anilines is 1. The van der Waals surface area contributed by atoms with E-state index in [9.17, 15) is 18.8 Å². The predicted octanol–water partition coefficient (Wildman–Crippen LogP) is 7.13. The molecule has 4 aliphatic heterocycles. The predicted molar refractivity (Wildman–Crippen MR) is 206 cm³/mol. The van der Waals surface area contributed by atoms with Crippen molar-refractivity contribution in [1.29, 1.82) is 0 Å². The highest BCUT2D eigenvalue weighted by molar-refractivity contribution is 6.06. The van der Waals surface area contributed by atoms with Gasteiger partial charge in [0.15, 0.2) is 0 Å². The van der Waals surface area contributed by atoms with Gasteiger partial charge in [-0.2, -0.15) is 0 Å². The zero-order valence-electron chi connectivity index (χ0n) is 31.9. The first-order chi connectivity index (χ1) is 27.0. The number of alkyl halides is 1. The molecule has 296 valence electrons. The van der Waals surface area contributed by atoms with Crippen LogP contribution in [-0.4, -0.2) is 83.6 Å². The molecule has 0 saturated carbocycles. The maximum atomic E-state index is 15.9. The lowest BCUT2D eigenvalue weighted by molar-refractivity contribution is -0.136. The molecule has 8 rings (SSSR count). The van der Waals surface area contributed by atoms with Crippen LogP contribution in [0.3, 0.4) is 0 Å². The summed E-state index contributed by atoms with van der Waals surface area (Å²) in [6.45, 7) is 6.10. The van der Waals surface area contributed by atoms with Crippen LogP contribution in [0.1, 0.15) is 97.6 Å². The Bertz CT molecular complexity index is 2140. The number of imide groups is 1. The number of para-hydroxylation sites is 1. The van der Waals surface area contributed by atoms with E-state index in [1.807, 2.05) is 41.3 Å². The smallest absolute Gasteiger partial charge is 0.255 e. The minimum atomic E-state index is -1.56. The van der Waals surface area contributed by atoms with Gasteiger partial charge in [-0.1, -0.05) is 37.5 Å². The summed E-state index contributed by atoms with van der Waals surface area (Å²) in [5, 5.41) is 3.36. The Morgan fingerprint density at radius 3 is 2.48 bits per heavy atom. The van der Waals surface area contributed by atoms with E-state index < -0.39 is 35.3 Å². The van der Waals surface area contributed by atoms with E-state index in [1.54, 1.807) is 4.90 Å². The van der Waals surface area contributed by atoms with E-state index >= 15 is 8.78 Å². The summed E-state index contributed by atoms with van der Waals surface area (Å²) < 4.78 is 58.7. The molecule has 3 amide bonds. The zero-order chi connectivity index (χ0) is 39.1. The van der Waals surface area contributed by atoms with Gasteiger partial charge in [-0.15, -0.1) is 0 Å². The average molecular weight is 772 g/mol. The standard InChI is InChI=1S/C43H48F3N5O5/c1-43(2,46)25-50-18-16-28-27-10-6-7-11-33(27)47-38(28)39(50)37-31(44)22-26(23-32(37)45)55-20-9-5-3-4-8-17-49-19-21-56-40-30-24-51(35-14-15-36(52)48-41(35)53)42(54)29(30)12-13-34(40)49/h6-7,10-13,22-23,35,39,47H,3-5,8-9,14-21,24-25H2,1-2H3,(H,48,52,53). The number of carbonyl (C=O) groups is 3. The molecular weight excluding hydrogens is 723 g/mol. The number of nitrogens with one attached hydrogen (secondary N) is 2. The highest BCUT2D eigenvalue weighted by Gasteiger charge is 2.42. The number of aromatic amines is 1. The van der Waals surface area contributed by atoms with Crippen molar-refractivity contribution >= 4 is 34.3 Å². The van der Waals surface area contributed by atoms with Gasteiger partial charge >= 0.3 is 0 Å². The van der Waals surface area contributed by atoms with Crippen molar-refractivity contribution < 1.29 is 37.0 Å². The minimum Gasteiger partial charge on any atom is -0.493 e.